The Morgan fingerprint density at radius 3 is 2.89 bits per heavy atom. The number of hydrazine groups is 1. The van der Waals surface area contributed by atoms with E-state index in [2.05, 4.69) is 27.2 Å². The molecule has 4 N–H and O–H groups in total. The Labute approximate surface area is 114 Å². The van der Waals surface area contributed by atoms with Crippen molar-refractivity contribution in [2.75, 3.05) is 23.4 Å². The second kappa shape index (κ2) is 5.71. The van der Waals surface area contributed by atoms with Crippen molar-refractivity contribution >= 4 is 11.6 Å². The summed E-state index contributed by atoms with van der Waals surface area (Å²) in [6.07, 6.45) is 4.91. The maximum Gasteiger partial charge on any atom is 0.148 e. The van der Waals surface area contributed by atoms with Crippen molar-refractivity contribution < 1.29 is 5.11 Å². The Morgan fingerprint density at radius 1 is 1.42 bits per heavy atom. The summed E-state index contributed by atoms with van der Waals surface area (Å²) in [6.45, 7) is 5.69. The second-order valence-corrected chi connectivity index (χ2v) is 5.36. The van der Waals surface area contributed by atoms with E-state index >= 15 is 0 Å². The van der Waals surface area contributed by atoms with Crippen molar-refractivity contribution in [3.8, 4) is 0 Å². The lowest BCUT2D eigenvalue weighted by Gasteiger charge is -2.25. The van der Waals surface area contributed by atoms with Crippen LogP contribution in [-0.4, -0.2) is 33.8 Å². The molecule has 0 aliphatic carbocycles. The van der Waals surface area contributed by atoms with E-state index in [4.69, 9.17) is 5.84 Å². The van der Waals surface area contributed by atoms with Crippen molar-refractivity contribution in [3.05, 3.63) is 11.9 Å². The molecule has 1 fully saturated rings. The Kier molecular flexibility index (Phi) is 4.21. The van der Waals surface area contributed by atoms with Gasteiger partial charge in [-0.05, 0) is 32.6 Å². The molecule has 1 aromatic rings. The molecule has 0 saturated carbocycles. The minimum absolute atomic E-state index is 0.566. The minimum atomic E-state index is -0.566. The second-order valence-electron chi connectivity index (χ2n) is 5.36. The number of nitrogens with two attached hydrogens (primary N) is 1. The molecule has 1 saturated heterocycles. The molecule has 0 bridgehead atoms. The smallest absolute Gasteiger partial charge is 0.148 e. The molecule has 1 aromatic heterocycles. The van der Waals surface area contributed by atoms with Gasteiger partial charge in [0.15, 0.2) is 0 Å². The first-order chi connectivity index (χ1) is 9.07. The highest BCUT2D eigenvalue weighted by Crippen LogP contribution is 2.28. The van der Waals surface area contributed by atoms with E-state index < -0.39 is 5.60 Å². The zero-order valence-corrected chi connectivity index (χ0v) is 11.7. The molecule has 0 spiro atoms. The lowest BCUT2D eigenvalue weighted by molar-refractivity contribution is 0.0481. The predicted octanol–water partition coefficient (Wildman–Crippen LogP) is 1.07. The molecule has 6 nitrogen and oxygen atoms in total. The van der Waals surface area contributed by atoms with Crippen molar-refractivity contribution in [3.63, 3.8) is 0 Å². The molecule has 2 heterocycles. The number of aromatic nitrogens is 2. The Balaban J connectivity index is 2.26. The topological polar surface area (TPSA) is 87.3 Å². The van der Waals surface area contributed by atoms with Crippen LogP contribution in [0.4, 0.5) is 11.6 Å². The van der Waals surface area contributed by atoms with Crippen molar-refractivity contribution in [2.45, 2.75) is 45.1 Å². The minimum Gasteiger partial charge on any atom is -0.390 e. The van der Waals surface area contributed by atoms with Crippen LogP contribution in [0.1, 0.15) is 38.7 Å². The zero-order chi connectivity index (χ0) is 13.9. The fraction of sp³-hybridized carbons (Fsp3) is 0.692. The van der Waals surface area contributed by atoms with Crippen LogP contribution in [0.15, 0.2) is 6.33 Å². The molecule has 1 atom stereocenters. The third-order valence-electron chi connectivity index (χ3n) is 3.78. The van der Waals surface area contributed by atoms with Gasteiger partial charge in [-0.25, -0.2) is 15.8 Å². The number of hydrogen-bond acceptors (Lipinski definition) is 6. The Hall–Kier alpha value is -1.40. The van der Waals surface area contributed by atoms with Gasteiger partial charge >= 0.3 is 0 Å². The molecule has 2 rings (SSSR count). The molecule has 6 heteroatoms. The van der Waals surface area contributed by atoms with Gasteiger partial charge in [-0.2, -0.15) is 0 Å². The molecule has 0 radical (unpaired) electrons. The van der Waals surface area contributed by atoms with Crippen LogP contribution in [-0.2, 0) is 6.42 Å². The molecule has 1 unspecified atom stereocenters. The van der Waals surface area contributed by atoms with Crippen LogP contribution in [0.2, 0.25) is 0 Å². The number of aliphatic hydroxyl groups is 1. The van der Waals surface area contributed by atoms with E-state index in [1.807, 2.05) is 6.92 Å². The number of hydrogen-bond donors (Lipinski definition) is 3. The number of nitrogens with one attached hydrogen (secondary N) is 1. The van der Waals surface area contributed by atoms with E-state index in [1.54, 1.807) is 0 Å². The molecule has 1 aliphatic rings. The summed E-state index contributed by atoms with van der Waals surface area (Å²) in [7, 11) is 0. The Bertz CT molecular complexity index is 435. The molecule has 106 valence electrons. The normalized spacial score (nSPS) is 24.1. The third kappa shape index (κ3) is 3.13. The Morgan fingerprint density at radius 2 is 2.21 bits per heavy atom. The van der Waals surface area contributed by atoms with Gasteiger partial charge < -0.3 is 15.4 Å². The number of nitrogen functional groups attached to an aromatic ring is 1. The predicted molar refractivity (Wildman–Crippen MR) is 75.9 cm³/mol. The van der Waals surface area contributed by atoms with Crippen LogP contribution in [0.5, 0.6) is 0 Å². The van der Waals surface area contributed by atoms with Gasteiger partial charge in [0.05, 0.1) is 5.60 Å². The van der Waals surface area contributed by atoms with Crippen LogP contribution < -0.4 is 16.2 Å². The first-order valence-electron chi connectivity index (χ1n) is 6.85. The summed E-state index contributed by atoms with van der Waals surface area (Å²) < 4.78 is 0. The maximum absolute atomic E-state index is 10.2. The van der Waals surface area contributed by atoms with E-state index in [1.165, 1.54) is 6.33 Å². The van der Waals surface area contributed by atoms with Gasteiger partial charge in [-0.3, -0.25) is 0 Å². The molecule has 0 aromatic carbocycles. The summed E-state index contributed by atoms with van der Waals surface area (Å²) >= 11 is 0. The van der Waals surface area contributed by atoms with E-state index in [0.29, 0.717) is 5.82 Å². The quantitative estimate of drug-likeness (QED) is 0.559. The zero-order valence-electron chi connectivity index (χ0n) is 11.7. The number of anilines is 2. The van der Waals surface area contributed by atoms with Crippen molar-refractivity contribution in [2.24, 2.45) is 5.84 Å². The highest BCUT2D eigenvalue weighted by Gasteiger charge is 2.26. The molecule has 19 heavy (non-hydrogen) atoms. The van der Waals surface area contributed by atoms with Crippen LogP contribution in [0.3, 0.4) is 0 Å². The van der Waals surface area contributed by atoms with Gasteiger partial charge in [0.25, 0.3) is 0 Å². The van der Waals surface area contributed by atoms with Crippen molar-refractivity contribution in [1.82, 2.24) is 9.97 Å². The molecular formula is C13H23N5O. The van der Waals surface area contributed by atoms with Gasteiger partial charge in [0.2, 0.25) is 0 Å². The van der Waals surface area contributed by atoms with E-state index in [9.17, 15) is 5.11 Å². The van der Waals surface area contributed by atoms with E-state index in [-0.39, 0.29) is 0 Å². The molecular weight excluding hydrogens is 242 g/mol. The van der Waals surface area contributed by atoms with Gasteiger partial charge in [0.1, 0.15) is 18.0 Å². The standard InChI is InChI=1S/C13H23N5O/c1-3-10-11(17-14)15-9-16-12(10)18-7-4-5-13(2,19)6-8-18/h9,19H,3-8,14H2,1-2H3,(H,15,16,17). The van der Waals surface area contributed by atoms with Crippen LogP contribution in [0, 0.1) is 0 Å². The maximum atomic E-state index is 10.2. The van der Waals surface area contributed by atoms with Gasteiger partial charge in [-0.1, -0.05) is 6.92 Å². The summed E-state index contributed by atoms with van der Waals surface area (Å²) in [4.78, 5) is 10.8. The summed E-state index contributed by atoms with van der Waals surface area (Å²) in [5.41, 5.74) is 3.10. The SMILES string of the molecule is CCc1c(NN)ncnc1N1CCCC(C)(O)CC1. The summed E-state index contributed by atoms with van der Waals surface area (Å²) in [5, 5.41) is 10.2. The third-order valence-corrected chi connectivity index (χ3v) is 3.78. The van der Waals surface area contributed by atoms with Gasteiger partial charge in [-0.15, -0.1) is 0 Å². The number of rotatable bonds is 3. The lowest BCUT2D eigenvalue weighted by Crippen LogP contribution is -2.30. The fourth-order valence-electron chi connectivity index (χ4n) is 2.60. The highest BCUT2D eigenvalue weighted by molar-refractivity contribution is 5.58. The average Bonchev–Trinajstić information content (AvgIpc) is 2.58. The largest absolute Gasteiger partial charge is 0.390 e. The highest BCUT2D eigenvalue weighted by atomic mass is 16.3. The lowest BCUT2D eigenvalue weighted by atomic mass is 9.98. The molecule has 0 amide bonds. The monoisotopic (exact) mass is 265 g/mol. The van der Waals surface area contributed by atoms with Crippen LogP contribution >= 0.6 is 0 Å². The van der Waals surface area contributed by atoms with Gasteiger partial charge in [0, 0.05) is 18.7 Å². The first kappa shape index (κ1) is 14.0. The van der Waals surface area contributed by atoms with Crippen LogP contribution in [0.25, 0.3) is 0 Å². The van der Waals surface area contributed by atoms with E-state index in [0.717, 1.165) is 50.2 Å². The summed E-state index contributed by atoms with van der Waals surface area (Å²) in [6, 6.07) is 0. The first-order valence-corrected chi connectivity index (χ1v) is 6.85. The molecule has 1 aliphatic heterocycles. The fourth-order valence-corrected chi connectivity index (χ4v) is 2.60. The average molecular weight is 265 g/mol. The number of nitrogens with zero attached hydrogens (tertiary/aromatic N) is 3. The summed E-state index contributed by atoms with van der Waals surface area (Å²) in [5.74, 6) is 7.12. The van der Waals surface area contributed by atoms with Crippen molar-refractivity contribution in [1.29, 1.82) is 0 Å².